The van der Waals surface area contributed by atoms with Crippen LogP contribution in [-0.2, 0) is 9.47 Å². The van der Waals surface area contributed by atoms with E-state index in [0.717, 1.165) is 35.4 Å². The molecular formula is C21H22N6O2. The maximum Gasteiger partial charge on any atom is 0.205 e. The number of nitrogens with two attached hydrogens (primary N) is 1. The highest BCUT2D eigenvalue weighted by Crippen LogP contribution is 2.41. The van der Waals surface area contributed by atoms with Gasteiger partial charge in [-0.05, 0) is 37.5 Å². The zero-order valence-electron chi connectivity index (χ0n) is 16.4. The highest BCUT2D eigenvalue weighted by Gasteiger charge is 2.37. The van der Waals surface area contributed by atoms with Gasteiger partial charge in [0.1, 0.15) is 30.1 Å². The maximum atomic E-state index is 9.84. The molecule has 2 aliphatic rings. The van der Waals surface area contributed by atoms with Gasteiger partial charge in [-0.1, -0.05) is 12.1 Å². The first-order valence-electron chi connectivity index (χ1n) is 9.46. The van der Waals surface area contributed by atoms with E-state index in [1.54, 1.807) is 18.1 Å². The van der Waals surface area contributed by atoms with Gasteiger partial charge in [-0.2, -0.15) is 10.4 Å². The first-order chi connectivity index (χ1) is 14.1. The molecule has 2 unspecified atom stereocenters. The number of benzene rings is 1. The Morgan fingerprint density at radius 1 is 1.34 bits per heavy atom. The number of allylic oxidation sites excluding steroid dienone is 2. The summed E-state index contributed by atoms with van der Waals surface area (Å²) in [5.74, 6) is 0.395. The highest BCUT2D eigenvalue weighted by molar-refractivity contribution is 6.06. The SMILES string of the molecule is CN=C(C1=C(C)OC(N)=C(C#N)C1c1ccc(-n2cncn2)cc1)C1CCCO1. The number of aliphatic imine (C=N–C) groups is 1. The summed E-state index contributed by atoms with van der Waals surface area (Å²) in [6.45, 7) is 2.56. The Morgan fingerprint density at radius 3 is 2.72 bits per heavy atom. The molecule has 148 valence electrons. The zero-order chi connectivity index (χ0) is 20.4. The average molecular weight is 390 g/mol. The Kier molecular flexibility index (Phi) is 5.14. The van der Waals surface area contributed by atoms with Gasteiger partial charge in [0.25, 0.3) is 0 Å². The van der Waals surface area contributed by atoms with Crippen LogP contribution >= 0.6 is 0 Å². The van der Waals surface area contributed by atoms with Crippen molar-refractivity contribution in [2.75, 3.05) is 13.7 Å². The third kappa shape index (κ3) is 3.41. The molecule has 8 nitrogen and oxygen atoms in total. The molecule has 0 saturated carbocycles. The third-order valence-electron chi connectivity index (χ3n) is 5.27. The van der Waals surface area contributed by atoms with E-state index < -0.39 is 0 Å². The summed E-state index contributed by atoms with van der Waals surface area (Å²) < 4.78 is 13.3. The van der Waals surface area contributed by atoms with Gasteiger partial charge in [-0.25, -0.2) is 9.67 Å². The molecule has 0 aliphatic carbocycles. The molecular weight excluding hydrogens is 368 g/mol. The van der Waals surface area contributed by atoms with Crippen molar-refractivity contribution in [2.45, 2.75) is 31.8 Å². The summed E-state index contributed by atoms with van der Waals surface area (Å²) in [4.78, 5) is 8.51. The first kappa shape index (κ1) is 18.9. The van der Waals surface area contributed by atoms with Crippen molar-refractivity contribution in [1.29, 1.82) is 5.26 Å². The van der Waals surface area contributed by atoms with Crippen molar-refractivity contribution < 1.29 is 9.47 Å². The van der Waals surface area contributed by atoms with Crippen LogP contribution in [0.2, 0.25) is 0 Å². The van der Waals surface area contributed by atoms with Crippen molar-refractivity contribution in [3.63, 3.8) is 0 Å². The molecule has 8 heteroatoms. The van der Waals surface area contributed by atoms with E-state index in [1.165, 1.54) is 6.33 Å². The van der Waals surface area contributed by atoms with E-state index in [0.29, 0.717) is 17.9 Å². The first-order valence-corrected chi connectivity index (χ1v) is 9.46. The molecule has 1 aromatic heterocycles. The van der Waals surface area contributed by atoms with Gasteiger partial charge in [-0.15, -0.1) is 0 Å². The minimum absolute atomic E-state index is 0.107. The number of nitrogens with zero attached hydrogens (tertiary/aromatic N) is 5. The van der Waals surface area contributed by atoms with Gasteiger partial charge in [0, 0.05) is 19.2 Å². The van der Waals surface area contributed by atoms with Crippen LogP contribution in [0.15, 0.2) is 64.7 Å². The predicted octanol–water partition coefficient (Wildman–Crippen LogP) is 2.60. The molecule has 29 heavy (non-hydrogen) atoms. The second-order valence-electron chi connectivity index (χ2n) is 6.94. The molecule has 3 heterocycles. The van der Waals surface area contributed by atoms with Gasteiger partial charge < -0.3 is 15.2 Å². The predicted molar refractivity (Wildman–Crippen MR) is 107 cm³/mol. The van der Waals surface area contributed by atoms with Crippen LogP contribution in [0.3, 0.4) is 0 Å². The second kappa shape index (κ2) is 7.89. The van der Waals surface area contributed by atoms with E-state index in [4.69, 9.17) is 15.2 Å². The molecule has 2 atom stereocenters. The molecule has 2 N–H and O–H groups in total. The van der Waals surface area contributed by atoms with Crippen molar-refractivity contribution in [2.24, 2.45) is 10.7 Å². The largest absolute Gasteiger partial charge is 0.445 e. The monoisotopic (exact) mass is 390 g/mol. The van der Waals surface area contributed by atoms with Gasteiger partial charge in [0.05, 0.1) is 23.4 Å². The van der Waals surface area contributed by atoms with E-state index in [9.17, 15) is 5.26 Å². The van der Waals surface area contributed by atoms with Gasteiger partial charge in [-0.3, -0.25) is 4.99 Å². The minimum Gasteiger partial charge on any atom is -0.445 e. The molecule has 0 amide bonds. The Labute approximate surface area is 169 Å². The Bertz CT molecular complexity index is 1020. The third-order valence-corrected chi connectivity index (χ3v) is 5.27. The lowest BCUT2D eigenvalue weighted by molar-refractivity contribution is 0.158. The molecule has 4 rings (SSSR count). The van der Waals surface area contributed by atoms with E-state index >= 15 is 0 Å². The topological polar surface area (TPSA) is 111 Å². The fourth-order valence-electron chi connectivity index (χ4n) is 3.94. The van der Waals surface area contributed by atoms with Crippen molar-refractivity contribution in [1.82, 2.24) is 14.8 Å². The average Bonchev–Trinajstić information content (AvgIpc) is 3.44. The van der Waals surface area contributed by atoms with Gasteiger partial charge in [0.2, 0.25) is 5.88 Å². The molecule has 2 aliphatic heterocycles. The van der Waals surface area contributed by atoms with Crippen LogP contribution in [0.1, 0.15) is 31.2 Å². The molecule has 0 bridgehead atoms. The van der Waals surface area contributed by atoms with Gasteiger partial charge >= 0.3 is 0 Å². The van der Waals surface area contributed by atoms with Crippen LogP contribution < -0.4 is 5.73 Å². The van der Waals surface area contributed by atoms with E-state index in [1.807, 2.05) is 31.2 Å². The maximum absolute atomic E-state index is 9.84. The lowest BCUT2D eigenvalue weighted by Gasteiger charge is -2.30. The molecule has 0 spiro atoms. The highest BCUT2D eigenvalue weighted by atomic mass is 16.5. The molecule has 0 radical (unpaired) electrons. The molecule has 2 aromatic rings. The van der Waals surface area contributed by atoms with Gasteiger partial charge in [0.15, 0.2) is 0 Å². The Balaban J connectivity index is 1.79. The van der Waals surface area contributed by atoms with Crippen LogP contribution in [0, 0.1) is 11.3 Å². The lowest BCUT2D eigenvalue weighted by Crippen LogP contribution is -2.30. The molecule has 1 aromatic carbocycles. The smallest absolute Gasteiger partial charge is 0.205 e. The van der Waals surface area contributed by atoms with Crippen LogP contribution in [0.4, 0.5) is 0 Å². The van der Waals surface area contributed by atoms with Crippen LogP contribution in [0.5, 0.6) is 0 Å². The number of nitriles is 1. The zero-order valence-corrected chi connectivity index (χ0v) is 16.4. The number of rotatable bonds is 4. The molecule has 1 fully saturated rings. The number of aromatic nitrogens is 3. The lowest BCUT2D eigenvalue weighted by atomic mass is 9.79. The Morgan fingerprint density at radius 2 is 2.14 bits per heavy atom. The summed E-state index contributed by atoms with van der Waals surface area (Å²) >= 11 is 0. The number of ether oxygens (including phenoxy) is 2. The van der Waals surface area contributed by atoms with E-state index in [2.05, 4.69) is 21.1 Å². The van der Waals surface area contributed by atoms with Crippen LogP contribution in [-0.4, -0.2) is 40.2 Å². The summed E-state index contributed by atoms with van der Waals surface area (Å²) in [6.07, 6.45) is 4.89. The summed E-state index contributed by atoms with van der Waals surface area (Å²) in [5, 5.41) is 14.0. The Hall–Kier alpha value is -3.44. The van der Waals surface area contributed by atoms with Crippen molar-refractivity contribution in [3.8, 4) is 11.8 Å². The summed E-state index contributed by atoms with van der Waals surface area (Å²) in [7, 11) is 1.75. The number of hydrogen-bond acceptors (Lipinski definition) is 7. The van der Waals surface area contributed by atoms with E-state index in [-0.39, 0.29) is 17.9 Å². The summed E-state index contributed by atoms with van der Waals surface area (Å²) in [5.41, 5.74) is 9.91. The quantitative estimate of drug-likeness (QED) is 0.803. The van der Waals surface area contributed by atoms with Crippen molar-refractivity contribution in [3.05, 3.63) is 65.3 Å². The standard InChI is InChI=1S/C21H22N6O2/c1-13-18(20(24-2)17-4-3-9-28-17)19(16(10-22)21(23)29-13)14-5-7-15(8-6-14)27-12-25-11-26-27/h5-8,11-12,17,19H,3-4,9,23H2,1-2H3. The number of hydrogen-bond donors (Lipinski definition) is 1. The fourth-order valence-corrected chi connectivity index (χ4v) is 3.94. The molecule has 1 saturated heterocycles. The van der Waals surface area contributed by atoms with Crippen molar-refractivity contribution >= 4 is 5.71 Å². The normalized spacial score (nSPS) is 22.6. The fraction of sp³-hybridized carbons (Fsp3) is 0.333. The second-order valence-corrected chi connectivity index (χ2v) is 6.94. The summed E-state index contributed by atoms with van der Waals surface area (Å²) in [6, 6.07) is 10.0. The van der Waals surface area contributed by atoms with Crippen LogP contribution in [0.25, 0.3) is 5.69 Å². The minimum atomic E-state index is -0.374.